The van der Waals surface area contributed by atoms with Gasteiger partial charge in [0.15, 0.2) is 5.96 Å². The molecule has 0 bridgehead atoms. The first-order valence-electron chi connectivity index (χ1n) is 8.64. The lowest BCUT2D eigenvalue weighted by Gasteiger charge is -2.35. The lowest BCUT2D eigenvalue weighted by Crippen LogP contribution is -2.53. The van der Waals surface area contributed by atoms with Gasteiger partial charge in [0.25, 0.3) is 0 Å². The number of nitrogens with two attached hydrogens (primary N) is 2. The minimum Gasteiger partial charge on any atom is -0.370 e. The van der Waals surface area contributed by atoms with Gasteiger partial charge in [-0.3, -0.25) is 4.79 Å². The summed E-state index contributed by atoms with van der Waals surface area (Å²) in [4.78, 5) is 15.9. The number of guanidine groups is 1. The van der Waals surface area contributed by atoms with Crippen LogP contribution in [0.1, 0.15) is 47.0 Å². The Labute approximate surface area is 150 Å². The molecular weight excluding hydrogens is 343 g/mol. The molecular formula is C16H30N4O4P+. The molecule has 0 saturated carbocycles. The summed E-state index contributed by atoms with van der Waals surface area (Å²) >= 11 is 0. The molecule has 1 aliphatic rings. The minimum atomic E-state index is -1.98. The van der Waals surface area contributed by atoms with Gasteiger partial charge < -0.3 is 21.5 Å². The number of ether oxygens (including phenoxy) is 1. The summed E-state index contributed by atoms with van der Waals surface area (Å²) in [6, 6.07) is -0.901. The minimum absolute atomic E-state index is 0.0154. The van der Waals surface area contributed by atoms with Gasteiger partial charge in [-0.05, 0) is 30.4 Å². The Hall–Kier alpha value is -1.50. The molecule has 142 valence electrons. The first kappa shape index (κ1) is 21.5. The predicted molar refractivity (Wildman–Crippen MR) is 98.4 cm³/mol. The van der Waals surface area contributed by atoms with Gasteiger partial charge in [0, 0.05) is 13.3 Å². The summed E-state index contributed by atoms with van der Waals surface area (Å²) in [7, 11) is -1.98. The Bertz CT molecular complexity index is 530. The fourth-order valence-corrected chi connectivity index (χ4v) is 3.82. The molecule has 4 atom stereocenters. The van der Waals surface area contributed by atoms with Crippen molar-refractivity contribution in [1.29, 1.82) is 0 Å². The van der Waals surface area contributed by atoms with Crippen molar-refractivity contribution < 1.29 is 18.6 Å². The third-order valence-electron chi connectivity index (χ3n) is 3.97. The van der Waals surface area contributed by atoms with Crippen LogP contribution in [0.4, 0.5) is 0 Å². The highest BCUT2D eigenvalue weighted by Gasteiger charge is 2.42. The molecule has 0 heterocycles. The van der Waals surface area contributed by atoms with Crippen LogP contribution in [0.2, 0.25) is 0 Å². The summed E-state index contributed by atoms with van der Waals surface area (Å²) in [5.41, 5.74) is 11.1. The second kappa shape index (κ2) is 10.5. The molecule has 0 aromatic rings. The molecule has 0 aliphatic heterocycles. The fraction of sp³-hybridized carbons (Fsp3) is 0.750. The van der Waals surface area contributed by atoms with E-state index in [-0.39, 0.29) is 18.0 Å². The van der Waals surface area contributed by atoms with Gasteiger partial charge in [0.1, 0.15) is 12.7 Å². The summed E-state index contributed by atoms with van der Waals surface area (Å²) < 4.78 is 23.7. The third kappa shape index (κ3) is 6.72. The molecule has 0 aromatic heterocycles. The number of hydrogen-bond donors (Lipinski definition) is 3. The summed E-state index contributed by atoms with van der Waals surface area (Å²) in [5, 5.41) is 3.47. The Morgan fingerprint density at radius 3 is 2.52 bits per heavy atom. The number of amides is 1. The van der Waals surface area contributed by atoms with E-state index < -0.39 is 26.2 Å². The molecule has 1 amide bonds. The number of carbonyl (C=O) groups excluding carboxylic acids is 1. The number of carbonyl (C=O) groups is 1. The average Bonchev–Trinajstić information content (AvgIpc) is 2.54. The number of rotatable bonds is 9. The van der Waals surface area contributed by atoms with Crippen molar-refractivity contribution in [3.63, 3.8) is 0 Å². The van der Waals surface area contributed by atoms with E-state index >= 15 is 0 Å². The van der Waals surface area contributed by atoms with E-state index in [4.69, 9.17) is 20.7 Å². The summed E-state index contributed by atoms with van der Waals surface area (Å²) in [5.74, 6) is -0.292. The number of aliphatic imine (C=N–C) groups is 1. The van der Waals surface area contributed by atoms with Gasteiger partial charge in [0.05, 0.1) is 18.2 Å². The predicted octanol–water partition coefficient (Wildman–Crippen LogP) is 1.77. The van der Waals surface area contributed by atoms with E-state index in [0.717, 1.165) is 12.8 Å². The highest BCUT2D eigenvalue weighted by Crippen LogP contribution is 2.41. The highest BCUT2D eigenvalue weighted by atomic mass is 31.1. The highest BCUT2D eigenvalue weighted by molar-refractivity contribution is 7.44. The van der Waals surface area contributed by atoms with Crippen LogP contribution >= 0.6 is 8.03 Å². The van der Waals surface area contributed by atoms with Gasteiger partial charge in [-0.25, -0.2) is 4.99 Å². The van der Waals surface area contributed by atoms with Crippen molar-refractivity contribution in [2.75, 3.05) is 6.61 Å². The van der Waals surface area contributed by atoms with Crippen LogP contribution in [0, 0.1) is 0 Å². The van der Waals surface area contributed by atoms with E-state index in [0.29, 0.717) is 18.3 Å². The summed E-state index contributed by atoms with van der Waals surface area (Å²) in [6.45, 7) is 7.61. The number of nitrogens with zero attached hydrogens (tertiary/aromatic N) is 1. The van der Waals surface area contributed by atoms with Crippen LogP contribution in [0.15, 0.2) is 16.4 Å². The topological polar surface area (TPSA) is 129 Å². The molecule has 0 fully saturated rings. The molecule has 0 spiro atoms. The van der Waals surface area contributed by atoms with Gasteiger partial charge in [-0.15, -0.1) is 4.52 Å². The van der Waals surface area contributed by atoms with Crippen LogP contribution in [-0.4, -0.2) is 42.8 Å². The van der Waals surface area contributed by atoms with Crippen molar-refractivity contribution in [3.8, 4) is 0 Å². The van der Waals surface area contributed by atoms with Crippen LogP contribution in [-0.2, 0) is 18.6 Å². The standard InChI is InChI=1S/C16H29N4O4P/c1-5-11(6-2)24-14-9-12(25(22)23-7-3)8-13(20-16(17)18)15(14)19-10(4)21/h9,11,13-15H,5-8H2,1-4H3,(H4-,17,18,19,20,21)/p+1/t13-,14+,15+/m0/s1. The molecule has 1 unspecified atom stereocenters. The van der Waals surface area contributed by atoms with Crippen molar-refractivity contribution in [3.05, 3.63) is 11.4 Å². The van der Waals surface area contributed by atoms with E-state index in [1.807, 2.05) is 13.8 Å². The van der Waals surface area contributed by atoms with Crippen molar-refractivity contribution in [2.24, 2.45) is 16.5 Å². The van der Waals surface area contributed by atoms with Crippen molar-refractivity contribution in [1.82, 2.24) is 5.32 Å². The molecule has 25 heavy (non-hydrogen) atoms. The first-order valence-corrected chi connectivity index (χ1v) is 9.82. The number of hydrogen-bond acceptors (Lipinski definition) is 5. The first-order chi connectivity index (χ1) is 11.8. The smallest absolute Gasteiger partial charge is 0.370 e. The Morgan fingerprint density at radius 2 is 2.04 bits per heavy atom. The molecule has 1 rings (SSSR count). The molecule has 8 nitrogen and oxygen atoms in total. The largest absolute Gasteiger partial charge is 0.544 e. The van der Waals surface area contributed by atoms with Gasteiger partial charge in [-0.1, -0.05) is 13.8 Å². The van der Waals surface area contributed by atoms with Gasteiger partial charge >= 0.3 is 8.03 Å². The maximum atomic E-state index is 12.3. The molecule has 1 aliphatic carbocycles. The lowest BCUT2D eigenvalue weighted by atomic mass is 9.93. The van der Waals surface area contributed by atoms with Crippen LogP contribution in [0.5, 0.6) is 0 Å². The van der Waals surface area contributed by atoms with Crippen LogP contribution < -0.4 is 16.8 Å². The maximum Gasteiger partial charge on any atom is 0.544 e. The quantitative estimate of drug-likeness (QED) is 0.321. The zero-order valence-electron chi connectivity index (χ0n) is 15.4. The van der Waals surface area contributed by atoms with E-state index in [1.165, 1.54) is 6.92 Å². The van der Waals surface area contributed by atoms with Crippen LogP contribution in [0.3, 0.4) is 0 Å². The zero-order valence-corrected chi connectivity index (χ0v) is 16.3. The van der Waals surface area contributed by atoms with Gasteiger partial charge in [0.2, 0.25) is 11.2 Å². The molecule has 0 aromatic carbocycles. The monoisotopic (exact) mass is 373 g/mol. The molecule has 0 radical (unpaired) electrons. The molecule has 5 N–H and O–H groups in total. The summed E-state index contributed by atoms with van der Waals surface area (Å²) in [6.07, 6.45) is 3.31. The van der Waals surface area contributed by atoms with E-state index in [2.05, 4.69) is 10.3 Å². The molecule has 0 saturated heterocycles. The third-order valence-corrected chi connectivity index (χ3v) is 5.26. The van der Waals surface area contributed by atoms with E-state index in [9.17, 15) is 9.36 Å². The van der Waals surface area contributed by atoms with Crippen molar-refractivity contribution in [2.45, 2.75) is 71.2 Å². The zero-order chi connectivity index (χ0) is 19.0. The normalized spacial score (nSPS) is 23.8. The SMILES string of the molecule is CCO[P+](=O)C1=C[C@@H](OC(CC)CC)[C@H](NC(C)=O)[C@@H](N=C(N)N)C1. The Morgan fingerprint density at radius 1 is 1.40 bits per heavy atom. The second-order valence-corrected chi connectivity index (χ2v) is 7.27. The van der Waals surface area contributed by atoms with Gasteiger partial charge in [-0.2, -0.15) is 0 Å². The van der Waals surface area contributed by atoms with E-state index in [1.54, 1.807) is 13.0 Å². The maximum absolute atomic E-state index is 12.3. The fourth-order valence-electron chi connectivity index (χ4n) is 2.81. The Kier molecular flexibility index (Phi) is 9.03. The van der Waals surface area contributed by atoms with Crippen molar-refractivity contribution >= 4 is 19.9 Å². The average molecular weight is 373 g/mol. The Balaban J connectivity index is 3.22. The molecule has 9 heteroatoms. The second-order valence-electron chi connectivity index (χ2n) is 5.92. The lowest BCUT2D eigenvalue weighted by molar-refractivity contribution is -0.121. The van der Waals surface area contributed by atoms with Crippen LogP contribution in [0.25, 0.3) is 0 Å². The number of nitrogens with one attached hydrogen (secondary N) is 1.